The Labute approximate surface area is 80.6 Å². The largest absolute Gasteiger partial charge is 0.397 e. The van der Waals surface area contributed by atoms with Crippen molar-refractivity contribution in [3.8, 4) is 0 Å². The number of anilines is 1. The summed E-state index contributed by atoms with van der Waals surface area (Å²) >= 11 is 5.83. The predicted octanol–water partition coefficient (Wildman–Crippen LogP) is 2.17. The summed E-state index contributed by atoms with van der Waals surface area (Å²) in [4.78, 5) is 8.41. The van der Waals surface area contributed by atoms with Gasteiger partial charge < -0.3 is 5.73 Å². The van der Waals surface area contributed by atoms with Gasteiger partial charge in [0.2, 0.25) is 0 Å². The summed E-state index contributed by atoms with van der Waals surface area (Å²) in [5.74, 6) is 0. The molecule has 0 atom stereocenters. The molecule has 0 radical (unpaired) electrons. The fourth-order valence-electron chi connectivity index (χ4n) is 1.17. The van der Waals surface area contributed by atoms with E-state index in [1.807, 2.05) is 19.1 Å². The lowest BCUT2D eigenvalue weighted by Crippen LogP contribution is -1.94. The Morgan fingerprint density at radius 2 is 2.08 bits per heavy atom. The van der Waals surface area contributed by atoms with E-state index < -0.39 is 0 Å². The normalized spacial score (nSPS) is 10.6. The first-order chi connectivity index (χ1) is 6.18. The summed E-state index contributed by atoms with van der Waals surface area (Å²) in [6.07, 6.45) is 0. The minimum atomic E-state index is 0.408. The molecule has 66 valence electrons. The molecule has 0 saturated carbocycles. The van der Waals surface area contributed by atoms with Gasteiger partial charge in [0, 0.05) is 0 Å². The highest BCUT2D eigenvalue weighted by Crippen LogP contribution is 2.20. The van der Waals surface area contributed by atoms with Gasteiger partial charge in [0.15, 0.2) is 5.15 Å². The van der Waals surface area contributed by atoms with Crippen LogP contribution in [0.15, 0.2) is 18.2 Å². The van der Waals surface area contributed by atoms with Crippen LogP contribution >= 0.6 is 11.6 Å². The maximum absolute atomic E-state index is 5.83. The molecule has 0 amide bonds. The van der Waals surface area contributed by atoms with E-state index in [0.29, 0.717) is 16.4 Å². The molecule has 0 bridgehead atoms. The third-order valence-corrected chi connectivity index (χ3v) is 2.20. The number of hydrogen-bond donors (Lipinski definition) is 1. The van der Waals surface area contributed by atoms with E-state index in [1.54, 1.807) is 6.07 Å². The molecule has 1 heterocycles. The number of hydrogen-bond acceptors (Lipinski definition) is 3. The monoisotopic (exact) mass is 193 g/mol. The molecule has 1 aromatic carbocycles. The van der Waals surface area contributed by atoms with Gasteiger partial charge in [0.1, 0.15) is 5.52 Å². The maximum Gasteiger partial charge on any atom is 0.151 e. The van der Waals surface area contributed by atoms with Gasteiger partial charge in [-0.15, -0.1) is 0 Å². The Balaban J connectivity index is 2.89. The molecule has 0 spiro atoms. The Bertz CT molecular complexity index is 468. The maximum atomic E-state index is 5.83. The number of para-hydroxylation sites is 1. The molecule has 0 saturated heterocycles. The highest BCUT2D eigenvalue weighted by atomic mass is 35.5. The van der Waals surface area contributed by atoms with E-state index in [1.165, 1.54) is 0 Å². The van der Waals surface area contributed by atoms with E-state index >= 15 is 0 Å². The topological polar surface area (TPSA) is 51.8 Å². The molecule has 0 unspecified atom stereocenters. The van der Waals surface area contributed by atoms with Gasteiger partial charge in [-0.2, -0.15) is 0 Å². The minimum absolute atomic E-state index is 0.408. The molecule has 0 aliphatic rings. The van der Waals surface area contributed by atoms with Crippen LogP contribution in [0.5, 0.6) is 0 Å². The number of fused-ring (bicyclic) bond motifs is 1. The van der Waals surface area contributed by atoms with E-state index in [0.717, 1.165) is 11.2 Å². The number of nitrogen functional groups attached to an aromatic ring is 1. The first-order valence-electron chi connectivity index (χ1n) is 3.87. The fourth-order valence-corrected chi connectivity index (χ4v) is 1.29. The van der Waals surface area contributed by atoms with Gasteiger partial charge in [-0.25, -0.2) is 9.97 Å². The van der Waals surface area contributed by atoms with Crippen molar-refractivity contribution in [3.05, 3.63) is 29.0 Å². The van der Waals surface area contributed by atoms with Crippen molar-refractivity contribution in [3.63, 3.8) is 0 Å². The summed E-state index contributed by atoms with van der Waals surface area (Å²) in [6.45, 7) is 1.82. The number of benzene rings is 1. The second-order valence-electron chi connectivity index (χ2n) is 2.81. The fraction of sp³-hybridized carbons (Fsp3) is 0.111. The molecule has 1 aromatic heterocycles. The van der Waals surface area contributed by atoms with Gasteiger partial charge in [0.05, 0.1) is 16.9 Å². The Morgan fingerprint density at radius 3 is 2.85 bits per heavy atom. The molecule has 2 aromatic rings. The van der Waals surface area contributed by atoms with Crippen LogP contribution in [0.1, 0.15) is 5.69 Å². The molecule has 0 aliphatic heterocycles. The van der Waals surface area contributed by atoms with Crippen LogP contribution in [-0.2, 0) is 0 Å². The zero-order valence-electron chi connectivity index (χ0n) is 7.08. The highest BCUT2D eigenvalue weighted by Gasteiger charge is 2.04. The molecule has 0 fully saturated rings. The van der Waals surface area contributed by atoms with Crippen LogP contribution in [0.2, 0.25) is 5.15 Å². The smallest absolute Gasteiger partial charge is 0.151 e. The van der Waals surface area contributed by atoms with Gasteiger partial charge >= 0.3 is 0 Å². The van der Waals surface area contributed by atoms with Crippen molar-refractivity contribution in [2.45, 2.75) is 6.92 Å². The summed E-state index contributed by atoms with van der Waals surface area (Å²) < 4.78 is 0. The van der Waals surface area contributed by atoms with Gasteiger partial charge in [-0.3, -0.25) is 0 Å². The van der Waals surface area contributed by atoms with Crippen molar-refractivity contribution in [1.29, 1.82) is 0 Å². The van der Waals surface area contributed by atoms with E-state index in [2.05, 4.69) is 9.97 Å². The standard InChI is InChI=1S/C9H8ClN3/c1-5-9(10)13-8-6(11)3-2-4-7(8)12-5/h2-4H,11H2,1H3. The van der Waals surface area contributed by atoms with Crippen molar-refractivity contribution in [2.75, 3.05) is 5.73 Å². The van der Waals surface area contributed by atoms with Crippen LogP contribution in [-0.4, -0.2) is 9.97 Å². The van der Waals surface area contributed by atoms with Crippen LogP contribution < -0.4 is 5.73 Å². The molecular weight excluding hydrogens is 186 g/mol. The van der Waals surface area contributed by atoms with Crippen LogP contribution in [0.3, 0.4) is 0 Å². The number of aryl methyl sites for hydroxylation is 1. The average molecular weight is 194 g/mol. The lowest BCUT2D eigenvalue weighted by Gasteiger charge is -2.02. The number of rotatable bonds is 0. The first kappa shape index (κ1) is 8.26. The predicted molar refractivity (Wildman–Crippen MR) is 53.7 cm³/mol. The molecule has 3 nitrogen and oxygen atoms in total. The van der Waals surface area contributed by atoms with Crippen molar-refractivity contribution >= 4 is 28.3 Å². The Morgan fingerprint density at radius 1 is 1.31 bits per heavy atom. The number of aromatic nitrogens is 2. The average Bonchev–Trinajstić information content (AvgIpc) is 2.09. The molecular formula is C9H8ClN3. The van der Waals surface area contributed by atoms with Crippen molar-refractivity contribution in [1.82, 2.24) is 9.97 Å². The highest BCUT2D eigenvalue weighted by molar-refractivity contribution is 6.30. The van der Waals surface area contributed by atoms with Crippen molar-refractivity contribution < 1.29 is 0 Å². The zero-order chi connectivity index (χ0) is 9.42. The van der Waals surface area contributed by atoms with Gasteiger partial charge in [0.25, 0.3) is 0 Å². The minimum Gasteiger partial charge on any atom is -0.397 e. The lowest BCUT2D eigenvalue weighted by molar-refractivity contribution is 1.19. The Hall–Kier alpha value is -1.35. The molecule has 2 N–H and O–H groups in total. The van der Waals surface area contributed by atoms with Gasteiger partial charge in [-0.05, 0) is 19.1 Å². The van der Waals surface area contributed by atoms with Crippen LogP contribution in [0, 0.1) is 6.92 Å². The lowest BCUT2D eigenvalue weighted by atomic mass is 10.2. The molecule has 13 heavy (non-hydrogen) atoms. The first-order valence-corrected chi connectivity index (χ1v) is 4.24. The SMILES string of the molecule is Cc1nc2cccc(N)c2nc1Cl. The van der Waals surface area contributed by atoms with Gasteiger partial charge in [-0.1, -0.05) is 17.7 Å². The zero-order valence-corrected chi connectivity index (χ0v) is 7.84. The van der Waals surface area contributed by atoms with Crippen LogP contribution in [0.25, 0.3) is 11.0 Å². The van der Waals surface area contributed by atoms with Crippen LogP contribution in [0.4, 0.5) is 5.69 Å². The third-order valence-electron chi connectivity index (χ3n) is 1.84. The summed E-state index contributed by atoms with van der Waals surface area (Å²) in [5.41, 5.74) is 8.48. The quantitative estimate of drug-likeness (QED) is 0.653. The third kappa shape index (κ3) is 1.31. The Kier molecular flexibility index (Phi) is 1.81. The second-order valence-corrected chi connectivity index (χ2v) is 3.17. The molecule has 4 heteroatoms. The summed E-state index contributed by atoms with van der Waals surface area (Å²) in [5, 5.41) is 0.408. The number of nitrogens with two attached hydrogens (primary N) is 1. The second kappa shape index (κ2) is 2.85. The number of nitrogens with zero attached hydrogens (tertiary/aromatic N) is 2. The van der Waals surface area contributed by atoms with E-state index in [-0.39, 0.29) is 0 Å². The summed E-state index contributed by atoms with van der Waals surface area (Å²) in [7, 11) is 0. The molecule has 2 rings (SSSR count). The molecule has 0 aliphatic carbocycles. The number of halogens is 1. The summed E-state index contributed by atoms with van der Waals surface area (Å²) in [6, 6.07) is 5.49. The van der Waals surface area contributed by atoms with E-state index in [4.69, 9.17) is 17.3 Å². The van der Waals surface area contributed by atoms with E-state index in [9.17, 15) is 0 Å². The van der Waals surface area contributed by atoms with Crippen molar-refractivity contribution in [2.24, 2.45) is 0 Å².